The number of halogens is 1. The summed E-state index contributed by atoms with van der Waals surface area (Å²) in [5.74, 6) is -0.196. The quantitative estimate of drug-likeness (QED) is 0.366. The summed E-state index contributed by atoms with van der Waals surface area (Å²) < 4.78 is 56.7. The highest BCUT2D eigenvalue weighted by Crippen LogP contribution is 2.36. The average molecular weight is 532 g/mol. The second-order valence-corrected chi connectivity index (χ2v) is 11.8. The number of nitrogens with two attached hydrogens (primary N) is 1. The van der Waals surface area contributed by atoms with Crippen LogP contribution in [0.5, 0.6) is 0 Å². The third kappa shape index (κ3) is 5.86. The lowest BCUT2D eigenvalue weighted by Gasteiger charge is -2.48. The highest BCUT2D eigenvalue weighted by Gasteiger charge is 2.47. The molecule has 0 unspecified atom stereocenters. The Morgan fingerprint density at radius 3 is 1.93 bits per heavy atom. The fourth-order valence-electron chi connectivity index (χ4n) is 3.37. The monoisotopic (exact) mass is 532 g/mol. The Bertz CT molecular complexity index is 813. The summed E-state index contributed by atoms with van der Waals surface area (Å²) in [7, 11) is -7.60. The van der Waals surface area contributed by atoms with Crippen molar-refractivity contribution in [3.05, 3.63) is 27.8 Å². The van der Waals surface area contributed by atoms with E-state index >= 15 is 0 Å². The largest absolute Gasteiger partial charge is 0.329 e. The molecule has 0 fully saturated rings. The van der Waals surface area contributed by atoms with E-state index < -0.39 is 25.7 Å². The summed E-state index contributed by atoms with van der Waals surface area (Å²) in [5, 5.41) is 0. The van der Waals surface area contributed by atoms with E-state index in [1.165, 1.54) is 4.31 Å². The predicted octanol–water partition coefficient (Wildman–Crippen LogP) is 2.27. The molecule has 7 nitrogen and oxygen atoms in total. The van der Waals surface area contributed by atoms with Crippen LogP contribution in [0.25, 0.3) is 0 Å². The molecule has 0 saturated heterocycles. The zero-order chi connectivity index (χ0) is 21.0. The van der Waals surface area contributed by atoms with Gasteiger partial charge >= 0.3 is 0 Å². The molecular formula is C17H29IN2O5S2. The third-order valence-electron chi connectivity index (χ3n) is 4.78. The highest BCUT2D eigenvalue weighted by atomic mass is 127. The smallest absolute Gasteiger partial charge is 0.264 e. The van der Waals surface area contributed by atoms with Gasteiger partial charge in [-0.2, -0.15) is 12.7 Å². The Hall–Kier alpha value is -0.270. The molecule has 0 aromatic heterocycles. The van der Waals surface area contributed by atoms with E-state index in [9.17, 15) is 16.8 Å². The van der Waals surface area contributed by atoms with Gasteiger partial charge in [-0.05, 0) is 58.7 Å². The van der Waals surface area contributed by atoms with Crippen LogP contribution in [0.1, 0.15) is 27.7 Å². The van der Waals surface area contributed by atoms with Crippen LogP contribution in [0.15, 0.2) is 29.2 Å². The van der Waals surface area contributed by atoms with E-state index in [1.807, 2.05) is 27.7 Å². The summed E-state index contributed by atoms with van der Waals surface area (Å²) in [4.78, 5) is 0.140. The molecule has 0 heterocycles. The molecule has 0 radical (unpaired) electrons. The molecule has 0 atom stereocenters. The molecule has 0 aliphatic rings. The summed E-state index contributed by atoms with van der Waals surface area (Å²) in [6.07, 6.45) is 0.937. The van der Waals surface area contributed by atoms with Crippen molar-refractivity contribution in [3.8, 4) is 0 Å². The maximum atomic E-state index is 13.5. The van der Waals surface area contributed by atoms with Gasteiger partial charge < -0.3 is 5.73 Å². The molecule has 0 aliphatic heterocycles. The van der Waals surface area contributed by atoms with Crippen LogP contribution in [0.2, 0.25) is 0 Å². The minimum atomic E-state index is -3.92. The van der Waals surface area contributed by atoms with Gasteiger partial charge in [-0.1, -0.05) is 27.7 Å². The van der Waals surface area contributed by atoms with Gasteiger partial charge in [0.25, 0.3) is 10.1 Å². The number of sulfonamides is 1. The molecule has 27 heavy (non-hydrogen) atoms. The van der Waals surface area contributed by atoms with Gasteiger partial charge in [0.1, 0.15) is 0 Å². The number of hydrogen-bond acceptors (Lipinski definition) is 6. The molecule has 0 saturated carbocycles. The lowest BCUT2D eigenvalue weighted by molar-refractivity contribution is 0.0697. The Morgan fingerprint density at radius 1 is 1.07 bits per heavy atom. The standard InChI is InChI=1S/C17H29IN2O5S2/c1-13(2)17(12-19,14(3)4)20(10-11-25-26(5,21)22)27(23,24)16-8-6-15(18)7-9-16/h6-9,13-14H,10-12,19H2,1-5H3. The van der Waals surface area contributed by atoms with Gasteiger partial charge in [-0.3, -0.25) is 4.18 Å². The zero-order valence-corrected chi connectivity index (χ0v) is 20.1. The third-order valence-corrected chi connectivity index (χ3v) is 8.07. The molecule has 0 bridgehead atoms. The number of benzene rings is 1. The number of nitrogens with zero attached hydrogens (tertiary/aromatic N) is 1. The Morgan fingerprint density at radius 2 is 1.56 bits per heavy atom. The fraction of sp³-hybridized carbons (Fsp3) is 0.647. The van der Waals surface area contributed by atoms with Crippen molar-refractivity contribution in [1.82, 2.24) is 4.31 Å². The molecule has 0 aliphatic carbocycles. The molecule has 1 aromatic carbocycles. The van der Waals surface area contributed by atoms with Crippen molar-refractivity contribution in [2.45, 2.75) is 38.1 Å². The normalized spacial score (nSPS) is 13.7. The summed E-state index contributed by atoms with van der Waals surface area (Å²) >= 11 is 2.10. The molecule has 10 heteroatoms. The zero-order valence-electron chi connectivity index (χ0n) is 16.3. The minimum Gasteiger partial charge on any atom is -0.329 e. The second-order valence-electron chi connectivity index (χ2n) is 7.06. The molecular weight excluding hydrogens is 503 g/mol. The van der Waals surface area contributed by atoms with E-state index in [0.29, 0.717) is 0 Å². The first-order valence-electron chi connectivity index (χ1n) is 8.62. The molecule has 0 spiro atoms. The summed E-state index contributed by atoms with van der Waals surface area (Å²) in [5.41, 5.74) is 5.21. The van der Waals surface area contributed by atoms with E-state index in [0.717, 1.165) is 9.83 Å². The lowest BCUT2D eigenvalue weighted by Crippen LogP contribution is -2.63. The van der Waals surface area contributed by atoms with Gasteiger partial charge in [-0.15, -0.1) is 0 Å². The molecule has 1 rings (SSSR count). The first-order chi connectivity index (χ1) is 12.3. The van der Waals surface area contributed by atoms with Crippen molar-refractivity contribution >= 4 is 42.7 Å². The van der Waals surface area contributed by atoms with Crippen molar-refractivity contribution in [1.29, 1.82) is 0 Å². The SMILES string of the molecule is CC(C)C(CN)(C(C)C)N(CCOS(C)(=O)=O)S(=O)(=O)c1ccc(I)cc1. The van der Waals surface area contributed by atoms with E-state index in [2.05, 4.69) is 22.6 Å². The van der Waals surface area contributed by atoms with Gasteiger partial charge in [0, 0.05) is 16.7 Å². The highest BCUT2D eigenvalue weighted by molar-refractivity contribution is 14.1. The second kappa shape index (κ2) is 9.49. The van der Waals surface area contributed by atoms with Crippen molar-refractivity contribution in [2.75, 3.05) is 26.0 Å². The van der Waals surface area contributed by atoms with Crippen molar-refractivity contribution in [2.24, 2.45) is 17.6 Å². The molecule has 0 amide bonds. The Labute approximate surface area is 177 Å². The first kappa shape index (κ1) is 24.8. The van der Waals surface area contributed by atoms with Crippen molar-refractivity contribution in [3.63, 3.8) is 0 Å². The van der Waals surface area contributed by atoms with Crippen LogP contribution in [0, 0.1) is 15.4 Å². The van der Waals surface area contributed by atoms with Crippen LogP contribution < -0.4 is 5.73 Å². The average Bonchev–Trinajstić information content (AvgIpc) is 2.53. The van der Waals surface area contributed by atoms with Crippen LogP contribution in [0.3, 0.4) is 0 Å². The van der Waals surface area contributed by atoms with Gasteiger partial charge in [-0.25, -0.2) is 8.42 Å². The molecule has 156 valence electrons. The molecule has 1 aromatic rings. The van der Waals surface area contributed by atoms with Crippen molar-refractivity contribution < 1.29 is 21.0 Å². The minimum absolute atomic E-state index is 0.0978. The van der Waals surface area contributed by atoms with Gasteiger partial charge in [0.05, 0.1) is 23.3 Å². The van der Waals surface area contributed by atoms with E-state index in [-0.39, 0.29) is 36.4 Å². The van der Waals surface area contributed by atoms with E-state index in [4.69, 9.17) is 9.92 Å². The van der Waals surface area contributed by atoms with Crippen LogP contribution in [-0.2, 0) is 24.3 Å². The predicted molar refractivity (Wildman–Crippen MR) is 115 cm³/mol. The van der Waals surface area contributed by atoms with Crippen LogP contribution in [-0.4, -0.2) is 52.6 Å². The summed E-state index contributed by atoms with van der Waals surface area (Å²) in [6.45, 7) is 7.38. The van der Waals surface area contributed by atoms with Gasteiger partial charge in [0.15, 0.2) is 0 Å². The topological polar surface area (TPSA) is 107 Å². The van der Waals surface area contributed by atoms with Crippen LogP contribution in [0.4, 0.5) is 0 Å². The fourth-order valence-corrected chi connectivity index (χ4v) is 6.10. The lowest BCUT2D eigenvalue weighted by atomic mass is 9.77. The van der Waals surface area contributed by atoms with E-state index in [1.54, 1.807) is 24.3 Å². The number of hydrogen-bond donors (Lipinski definition) is 1. The Balaban J connectivity index is 3.50. The number of rotatable bonds is 10. The maximum absolute atomic E-state index is 13.5. The Kier molecular flexibility index (Phi) is 8.70. The first-order valence-corrected chi connectivity index (χ1v) is 13.0. The van der Waals surface area contributed by atoms with Gasteiger partial charge in [0.2, 0.25) is 10.0 Å². The van der Waals surface area contributed by atoms with Crippen LogP contribution >= 0.6 is 22.6 Å². The molecule has 2 N–H and O–H groups in total. The maximum Gasteiger partial charge on any atom is 0.264 e. The summed E-state index contributed by atoms with van der Waals surface area (Å²) in [6, 6.07) is 6.52.